The van der Waals surface area contributed by atoms with Crippen molar-refractivity contribution in [3.63, 3.8) is 0 Å². The predicted molar refractivity (Wildman–Crippen MR) is 99.8 cm³/mol. The van der Waals surface area contributed by atoms with E-state index in [1.807, 2.05) is 36.4 Å². The van der Waals surface area contributed by atoms with Gasteiger partial charge in [0.25, 0.3) is 0 Å². The number of fused-ring (bicyclic) bond motifs is 1. The van der Waals surface area contributed by atoms with Crippen molar-refractivity contribution in [2.75, 3.05) is 0 Å². The summed E-state index contributed by atoms with van der Waals surface area (Å²) >= 11 is 0. The highest BCUT2D eigenvalue weighted by atomic mass is 32.2. The van der Waals surface area contributed by atoms with Gasteiger partial charge < -0.3 is 4.98 Å². The van der Waals surface area contributed by atoms with Crippen LogP contribution < -0.4 is 4.72 Å². The second kappa shape index (κ2) is 6.70. The van der Waals surface area contributed by atoms with E-state index in [0.29, 0.717) is 11.3 Å². The third-order valence-corrected chi connectivity index (χ3v) is 5.40. The summed E-state index contributed by atoms with van der Waals surface area (Å²) in [7, 11) is -3.63. The predicted octanol–water partition coefficient (Wildman–Crippen LogP) is 3.10. The average Bonchev–Trinajstić information content (AvgIpc) is 3.11. The summed E-state index contributed by atoms with van der Waals surface area (Å²) in [6.45, 7) is 0.187. The van der Waals surface area contributed by atoms with Gasteiger partial charge in [0.1, 0.15) is 5.82 Å². The summed E-state index contributed by atoms with van der Waals surface area (Å²) in [4.78, 5) is 11.9. The van der Waals surface area contributed by atoms with Crippen molar-refractivity contribution < 1.29 is 8.42 Å². The van der Waals surface area contributed by atoms with Crippen LogP contribution in [0, 0.1) is 0 Å². The zero-order valence-electron chi connectivity index (χ0n) is 13.8. The van der Waals surface area contributed by atoms with Crippen molar-refractivity contribution in [2.24, 2.45) is 0 Å². The van der Waals surface area contributed by atoms with E-state index < -0.39 is 10.0 Å². The number of aromatic amines is 1. The van der Waals surface area contributed by atoms with E-state index in [4.69, 9.17) is 0 Å². The van der Waals surface area contributed by atoms with Gasteiger partial charge in [0, 0.05) is 24.5 Å². The fourth-order valence-corrected chi connectivity index (χ4v) is 3.70. The van der Waals surface area contributed by atoms with Gasteiger partial charge in [-0.25, -0.2) is 18.1 Å². The number of aromatic nitrogens is 3. The molecule has 0 aliphatic carbocycles. The van der Waals surface area contributed by atoms with Crippen molar-refractivity contribution in [1.29, 1.82) is 0 Å². The number of hydrogen-bond donors (Lipinski definition) is 2. The van der Waals surface area contributed by atoms with E-state index in [9.17, 15) is 8.42 Å². The zero-order chi connectivity index (χ0) is 18.0. The number of imidazole rings is 1. The monoisotopic (exact) mass is 364 g/mol. The molecule has 2 N–H and O–H groups in total. The summed E-state index contributed by atoms with van der Waals surface area (Å²) in [6.07, 6.45) is 3.28. The standard InChI is InChI=1S/C19H16N4O2S/c24-26(25,21-13-14-5-4-10-20-12-14)16-8-9-17-18(11-16)23-19(22-17)15-6-2-1-3-7-15/h1-12,21H,13H2,(H,22,23). The lowest BCUT2D eigenvalue weighted by atomic mass is 10.2. The van der Waals surface area contributed by atoms with Crippen molar-refractivity contribution in [3.05, 3.63) is 78.6 Å². The summed E-state index contributed by atoms with van der Waals surface area (Å²) in [5, 5.41) is 0. The lowest BCUT2D eigenvalue weighted by molar-refractivity contribution is 0.581. The SMILES string of the molecule is O=S(=O)(NCc1cccnc1)c1ccc2nc(-c3ccccc3)[nH]c2c1. The highest BCUT2D eigenvalue weighted by Gasteiger charge is 2.15. The van der Waals surface area contributed by atoms with Crippen molar-refractivity contribution >= 4 is 21.1 Å². The van der Waals surface area contributed by atoms with E-state index in [1.165, 1.54) is 0 Å². The summed E-state index contributed by atoms with van der Waals surface area (Å²) in [5.41, 5.74) is 3.14. The minimum atomic E-state index is -3.63. The molecule has 130 valence electrons. The molecule has 0 aliphatic rings. The number of rotatable bonds is 5. The molecule has 4 rings (SSSR count). The van der Waals surface area contributed by atoms with Gasteiger partial charge in [-0.15, -0.1) is 0 Å². The molecular weight excluding hydrogens is 348 g/mol. The Balaban J connectivity index is 1.62. The first-order chi connectivity index (χ1) is 12.6. The molecule has 0 amide bonds. The minimum absolute atomic E-state index is 0.187. The molecule has 0 spiro atoms. The first-order valence-electron chi connectivity index (χ1n) is 8.06. The molecule has 0 bridgehead atoms. The van der Waals surface area contributed by atoms with Crippen LogP contribution in [-0.4, -0.2) is 23.4 Å². The van der Waals surface area contributed by atoms with Crippen LogP contribution in [0.25, 0.3) is 22.4 Å². The molecule has 0 fully saturated rings. The largest absolute Gasteiger partial charge is 0.338 e. The van der Waals surface area contributed by atoms with Gasteiger partial charge >= 0.3 is 0 Å². The third kappa shape index (κ3) is 3.35. The van der Waals surface area contributed by atoms with Gasteiger partial charge in [-0.05, 0) is 29.8 Å². The topological polar surface area (TPSA) is 87.7 Å². The fraction of sp³-hybridized carbons (Fsp3) is 0.0526. The van der Waals surface area contributed by atoms with Crippen LogP contribution in [0.15, 0.2) is 78.0 Å². The van der Waals surface area contributed by atoms with E-state index in [0.717, 1.165) is 16.6 Å². The molecule has 0 aliphatic heterocycles. The lowest BCUT2D eigenvalue weighted by Crippen LogP contribution is -2.23. The van der Waals surface area contributed by atoms with Gasteiger partial charge in [-0.2, -0.15) is 0 Å². The number of benzene rings is 2. The first-order valence-corrected chi connectivity index (χ1v) is 9.54. The number of H-pyrrole nitrogens is 1. The van der Waals surface area contributed by atoms with Crippen LogP contribution in [0.4, 0.5) is 0 Å². The first kappa shape index (κ1) is 16.4. The molecule has 2 aromatic carbocycles. The van der Waals surface area contributed by atoms with Crippen molar-refractivity contribution in [2.45, 2.75) is 11.4 Å². The number of sulfonamides is 1. The van der Waals surface area contributed by atoms with Crippen LogP contribution in [0.3, 0.4) is 0 Å². The Morgan fingerprint density at radius 2 is 1.85 bits per heavy atom. The maximum atomic E-state index is 12.6. The smallest absolute Gasteiger partial charge is 0.240 e. The Labute approximate surface area is 151 Å². The van der Waals surface area contributed by atoms with Crippen molar-refractivity contribution in [3.8, 4) is 11.4 Å². The Kier molecular flexibility index (Phi) is 4.24. The summed E-state index contributed by atoms with van der Waals surface area (Å²) in [6, 6.07) is 18.1. The highest BCUT2D eigenvalue weighted by Crippen LogP contribution is 2.22. The van der Waals surface area contributed by atoms with Crippen LogP contribution in [0.5, 0.6) is 0 Å². The molecule has 2 heterocycles. The second-order valence-corrected chi connectivity index (χ2v) is 7.58. The third-order valence-electron chi connectivity index (χ3n) is 4.00. The molecule has 0 radical (unpaired) electrons. The molecule has 0 saturated heterocycles. The molecule has 0 atom stereocenters. The Morgan fingerprint density at radius 1 is 1.00 bits per heavy atom. The Hall–Kier alpha value is -3.03. The number of nitrogens with one attached hydrogen (secondary N) is 2. The lowest BCUT2D eigenvalue weighted by Gasteiger charge is -2.06. The maximum absolute atomic E-state index is 12.6. The molecular formula is C19H16N4O2S. The molecule has 26 heavy (non-hydrogen) atoms. The van der Waals surface area contributed by atoms with E-state index >= 15 is 0 Å². The average molecular weight is 364 g/mol. The van der Waals surface area contributed by atoms with Crippen LogP contribution >= 0.6 is 0 Å². The second-order valence-electron chi connectivity index (χ2n) is 5.82. The summed E-state index contributed by atoms with van der Waals surface area (Å²) in [5.74, 6) is 0.707. The molecule has 4 aromatic rings. The molecule has 0 unspecified atom stereocenters. The number of hydrogen-bond acceptors (Lipinski definition) is 4. The van der Waals surface area contributed by atoms with Gasteiger partial charge in [0.05, 0.1) is 15.9 Å². The Bertz CT molecular complexity index is 1140. The van der Waals surface area contributed by atoms with Gasteiger partial charge in [-0.3, -0.25) is 4.98 Å². The highest BCUT2D eigenvalue weighted by molar-refractivity contribution is 7.89. The fourth-order valence-electron chi connectivity index (χ4n) is 2.65. The van der Waals surface area contributed by atoms with Crippen LogP contribution in [0.1, 0.15) is 5.56 Å². The van der Waals surface area contributed by atoms with Gasteiger partial charge in [0.2, 0.25) is 10.0 Å². The van der Waals surface area contributed by atoms with E-state index in [2.05, 4.69) is 19.7 Å². The number of pyridine rings is 1. The molecule has 2 aromatic heterocycles. The van der Waals surface area contributed by atoms with E-state index in [1.54, 1.807) is 36.7 Å². The van der Waals surface area contributed by atoms with Crippen LogP contribution in [0.2, 0.25) is 0 Å². The Morgan fingerprint density at radius 3 is 2.62 bits per heavy atom. The zero-order valence-corrected chi connectivity index (χ0v) is 14.6. The van der Waals surface area contributed by atoms with Crippen LogP contribution in [-0.2, 0) is 16.6 Å². The quantitative estimate of drug-likeness (QED) is 0.570. The van der Waals surface area contributed by atoms with Gasteiger partial charge in [-0.1, -0.05) is 36.4 Å². The maximum Gasteiger partial charge on any atom is 0.240 e. The summed E-state index contributed by atoms with van der Waals surface area (Å²) < 4.78 is 27.7. The normalized spacial score (nSPS) is 11.7. The molecule has 6 nitrogen and oxygen atoms in total. The minimum Gasteiger partial charge on any atom is -0.338 e. The van der Waals surface area contributed by atoms with E-state index in [-0.39, 0.29) is 11.4 Å². The molecule has 0 saturated carbocycles. The molecule has 7 heteroatoms. The van der Waals surface area contributed by atoms with Crippen molar-refractivity contribution in [1.82, 2.24) is 19.7 Å². The van der Waals surface area contributed by atoms with Gasteiger partial charge in [0.15, 0.2) is 0 Å². The number of nitrogens with zero attached hydrogens (tertiary/aromatic N) is 2.